The summed E-state index contributed by atoms with van der Waals surface area (Å²) in [5, 5.41) is 9.04. The van der Waals surface area contributed by atoms with Gasteiger partial charge < -0.3 is 4.74 Å². The minimum absolute atomic E-state index is 0.252. The summed E-state index contributed by atoms with van der Waals surface area (Å²) < 4.78 is 6.20. The van der Waals surface area contributed by atoms with Gasteiger partial charge in [-0.3, -0.25) is 4.90 Å². The number of hydrogen-bond acceptors (Lipinski definition) is 4. The van der Waals surface area contributed by atoms with Crippen molar-refractivity contribution in [3.8, 4) is 5.75 Å². The molecule has 0 saturated heterocycles. The molecule has 0 amide bonds. The Balaban J connectivity index is 1.44. The van der Waals surface area contributed by atoms with Crippen molar-refractivity contribution < 1.29 is 4.74 Å². The van der Waals surface area contributed by atoms with Crippen LogP contribution in [0.1, 0.15) is 22.9 Å². The molecule has 198 valence electrons. The number of amidine groups is 1. The van der Waals surface area contributed by atoms with E-state index in [0.717, 1.165) is 33.9 Å². The quantitative estimate of drug-likeness (QED) is 0.191. The third kappa shape index (κ3) is 5.39. The van der Waals surface area contributed by atoms with Crippen molar-refractivity contribution in [2.45, 2.75) is 12.8 Å². The number of anilines is 2. The van der Waals surface area contributed by atoms with E-state index in [1.54, 1.807) is 0 Å². The lowest BCUT2D eigenvalue weighted by Gasteiger charge is -2.32. The van der Waals surface area contributed by atoms with Crippen molar-refractivity contribution in [1.82, 2.24) is 0 Å². The van der Waals surface area contributed by atoms with Crippen LogP contribution in [0.25, 0.3) is 0 Å². The van der Waals surface area contributed by atoms with Crippen LogP contribution < -0.4 is 14.6 Å². The van der Waals surface area contributed by atoms with Crippen molar-refractivity contribution in [3.63, 3.8) is 0 Å². The third-order valence-corrected chi connectivity index (χ3v) is 7.63. The van der Waals surface area contributed by atoms with E-state index in [-0.39, 0.29) is 12.8 Å². The summed E-state index contributed by atoms with van der Waals surface area (Å²) >= 11 is 19.1. The SMILES string of the molecule is Clc1ccc(N2C(c3ccccc3)=NN(c3ccccc3)[C@H]2c2cccc(OCc3c(Cl)cccc3Cl)c2)cc1. The van der Waals surface area contributed by atoms with Gasteiger partial charge in [-0.05, 0) is 60.7 Å². The van der Waals surface area contributed by atoms with Crippen LogP contribution in [-0.2, 0) is 6.61 Å². The third-order valence-electron chi connectivity index (χ3n) is 6.67. The summed E-state index contributed by atoms with van der Waals surface area (Å²) in [5.74, 6) is 1.52. The van der Waals surface area contributed by atoms with Gasteiger partial charge in [0.25, 0.3) is 0 Å². The summed E-state index contributed by atoms with van der Waals surface area (Å²) in [6, 6.07) is 41.7. The number of nitrogens with zero attached hydrogens (tertiary/aromatic N) is 3. The van der Waals surface area contributed by atoms with Crippen LogP contribution in [0.4, 0.5) is 11.4 Å². The van der Waals surface area contributed by atoms with Gasteiger partial charge in [0, 0.05) is 37.4 Å². The molecule has 1 aliphatic rings. The first-order valence-corrected chi connectivity index (χ1v) is 13.9. The number of benzene rings is 5. The van der Waals surface area contributed by atoms with E-state index in [4.69, 9.17) is 44.6 Å². The second-order valence-corrected chi connectivity index (χ2v) is 10.5. The normalized spacial score (nSPS) is 14.8. The second-order valence-electron chi connectivity index (χ2n) is 9.25. The smallest absolute Gasteiger partial charge is 0.162 e. The Morgan fingerprint density at radius 3 is 2.00 bits per heavy atom. The van der Waals surface area contributed by atoms with Gasteiger partial charge in [-0.15, -0.1) is 0 Å². The first-order chi connectivity index (χ1) is 19.6. The van der Waals surface area contributed by atoms with Gasteiger partial charge in [-0.25, -0.2) is 5.01 Å². The number of ether oxygens (including phenoxy) is 1. The summed E-state index contributed by atoms with van der Waals surface area (Å²) in [5.41, 5.74) is 4.68. The highest BCUT2D eigenvalue weighted by molar-refractivity contribution is 6.36. The van der Waals surface area contributed by atoms with Crippen molar-refractivity contribution >= 4 is 52.0 Å². The van der Waals surface area contributed by atoms with Gasteiger partial charge in [-0.1, -0.05) is 102 Å². The summed E-state index contributed by atoms with van der Waals surface area (Å²) in [6.45, 7) is 0.252. The van der Waals surface area contributed by atoms with Gasteiger partial charge in [0.2, 0.25) is 0 Å². The van der Waals surface area contributed by atoms with E-state index < -0.39 is 0 Å². The fraction of sp³-hybridized carbons (Fsp3) is 0.0606. The maximum absolute atomic E-state index is 6.39. The molecule has 0 aromatic heterocycles. The maximum atomic E-state index is 6.39. The zero-order valence-corrected chi connectivity index (χ0v) is 23.6. The molecule has 7 heteroatoms. The summed E-state index contributed by atoms with van der Waals surface area (Å²) in [7, 11) is 0. The molecular weight excluding hydrogens is 561 g/mol. The molecule has 0 fully saturated rings. The van der Waals surface area contributed by atoms with E-state index in [1.807, 2.05) is 102 Å². The monoisotopic (exact) mass is 583 g/mol. The van der Waals surface area contributed by atoms with Crippen molar-refractivity contribution in [3.05, 3.63) is 159 Å². The average molecular weight is 585 g/mol. The standard InChI is InChI=1S/C33H24Cl3N3O/c34-25-17-19-26(20-18-25)38-32(23-9-3-1-4-10-23)37-39(27-12-5-2-6-13-27)33(38)24-11-7-14-28(21-24)40-22-29-30(35)15-8-16-31(29)36/h1-21,33H,22H2/t33-/m0/s1. The molecule has 6 rings (SSSR count). The summed E-state index contributed by atoms with van der Waals surface area (Å²) in [6.07, 6.45) is -0.300. The van der Waals surface area contributed by atoms with Crippen LogP contribution in [0.2, 0.25) is 15.1 Å². The molecule has 1 aliphatic heterocycles. The molecular formula is C33H24Cl3N3O. The number of hydrogen-bond donors (Lipinski definition) is 0. The first-order valence-electron chi connectivity index (χ1n) is 12.8. The van der Waals surface area contributed by atoms with Crippen molar-refractivity contribution in [2.75, 3.05) is 9.91 Å². The number of halogens is 3. The van der Waals surface area contributed by atoms with Gasteiger partial charge in [0.15, 0.2) is 12.0 Å². The highest BCUT2D eigenvalue weighted by atomic mass is 35.5. The Morgan fingerprint density at radius 1 is 0.650 bits per heavy atom. The van der Waals surface area contributed by atoms with Crippen LogP contribution in [0, 0.1) is 0 Å². The van der Waals surface area contributed by atoms with Crippen LogP contribution >= 0.6 is 34.8 Å². The predicted molar refractivity (Wildman–Crippen MR) is 166 cm³/mol. The number of rotatable bonds is 7. The van der Waals surface area contributed by atoms with Gasteiger partial charge in [0.05, 0.1) is 5.69 Å². The average Bonchev–Trinajstić information content (AvgIpc) is 3.39. The topological polar surface area (TPSA) is 28.1 Å². The van der Waals surface area contributed by atoms with Crippen LogP contribution in [0.5, 0.6) is 5.75 Å². The minimum Gasteiger partial charge on any atom is -0.489 e. The van der Waals surface area contributed by atoms with Crippen LogP contribution in [0.3, 0.4) is 0 Å². The molecule has 0 aliphatic carbocycles. The molecule has 0 unspecified atom stereocenters. The Bertz CT molecular complexity index is 1620. The van der Waals surface area contributed by atoms with Crippen LogP contribution in [-0.4, -0.2) is 5.84 Å². The molecule has 5 aromatic carbocycles. The highest BCUT2D eigenvalue weighted by Crippen LogP contribution is 2.41. The molecule has 4 nitrogen and oxygen atoms in total. The van der Waals surface area contributed by atoms with E-state index in [9.17, 15) is 0 Å². The summed E-state index contributed by atoms with van der Waals surface area (Å²) in [4.78, 5) is 2.22. The molecule has 5 aromatic rings. The fourth-order valence-corrected chi connectivity index (χ4v) is 5.37. The molecule has 0 spiro atoms. The van der Waals surface area contributed by atoms with E-state index in [2.05, 4.69) is 35.2 Å². The zero-order chi connectivity index (χ0) is 27.5. The van der Waals surface area contributed by atoms with Crippen LogP contribution in [0.15, 0.2) is 132 Å². The number of para-hydroxylation sites is 1. The van der Waals surface area contributed by atoms with Gasteiger partial charge in [-0.2, -0.15) is 5.10 Å². The largest absolute Gasteiger partial charge is 0.489 e. The Labute approximate surface area is 248 Å². The Hall–Kier alpha value is -3.96. The van der Waals surface area contributed by atoms with Gasteiger partial charge >= 0.3 is 0 Å². The molecule has 1 heterocycles. The lowest BCUT2D eigenvalue weighted by atomic mass is 10.1. The van der Waals surface area contributed by atoms with Gasteiger partial charge in [0.1, 0.15) is 12.4 Å². The maximum Gasteiger partial charge on any atom is 0.162 e. The molecule has 0 saturated carbocycles. The molecule has 1 atom stereocenters. The second kappa shape index (κ2) is 11.6. The van der Waals surface area contributed by atoms with E-state index in [1.165, 1.54) is 0 Å². The van der Waals surface area contributed by atoms with Crippen molar-refractivity contribution in [1.29, 1.82) is 0 Å². The lowest BCUT2D eigenvalue weighted by Crippen LogP contribution is -2.35. The number of hydrazone groups is 1. The predicted octanol–water partition coefficient (Wildman–Crippen LogP) is 9.61. The first kappa shape index (κ1) is 26.3. The highest BCUT2D eigenvalue weighted by Gasteiger charge is 2.38. The lowest BCUT2D eigenvalue weighted by molar-refractivity contribution is 0.306. The van der Waals surface area contributed by atoms with E-state index in [0.29, 0.717) is 20.8 Å². The molecule has 0 radical (unpaired) electrons. The molecule has 0 N–H and O–H groups in total. The molecule has 40 heavy (non-hydrogen) atoms. The fourth-order valence-electron chi connectivity index (χ4n) is 4.74. The zero-order valence-electron chi connectivity index (χ0n) is 21.3. The molecule has 0 bridgehead atoms. The van der Waals surface area contributed by atoms with E-state index >= 15 is 0 Å². The Kier molecular flexibility index (Phi) is 7.65. The minimum atomic E-state index is -0.300. The van der Waals surface area contributed by atoms with Crippen molar-refractivity contribution in [2.24, 2.45) is 5.10 Å². The Morgan fingerprint density at radius 2 is 1.30 bits per heavy atom.